The van der Waals surface area contributed by atoms with E-state index in [0.717, 1.165) is 54.0 Å². The second-order valence-electron chi connectivity index (χ2n) is 9.37. The van der Waals surface area contributed by atoms with Gasteiger partial charge in [-0.05, 0) is 60.2 Å². The third kappa shape index (κ3) is 3.98. The van der Waals surface area contributed by atoms with Crippen LogP contribution in [0.1, 0.15) is 52.9 Å². The van der Waals surface area contributed by atoms with Gasteiger partial charge in [0.05, 0.1) is 17.6 Å². The minimum absolute atomic E-state index is 0.147. The van der Waals surface area contributed by atoms with E-state index in [2.05, 4.69) is 27.4 Å². The maximum absolute atomic E-state index is 13.3. The molecular weight excluding hydrogens is 456 g/mol. The summed E-state index contributed by atoms with van der Waals surface area (Å²) < 4.78 is 7.00. The van der Waals surface area contributed by atoms with E-state index >= 15 is 0 Å². The maximum Gasteiger partial charge on any atom is 0.329 e. The smallest absolute Gasteiger partial charge is 0.329 e. The van der Waals surface area contributed by atoms with Crippen LogP contribution in [0.3, 0.4) is 0 Å². The third-order valence-electron chi connectivity index (χ3n) is 6.95. The van der Waals surface area contributed by atoms with Crippen LogP contribution >= 0.6 is 0 Å². The highest BCUT2D eigenvalue weighted by Gasteiger charge is 2.28. The van der Waals surface area contributed by atoms with Gasteiger partial charge in [0.1, 0.15) is 5.75 Å². The van der Waals surface area contributed by atoms with Crippen LogP contribution in [0.25, 0.3) is 22.2 Å². The van der Waals surface area contributed by atoms with Crippen LogP contribution in [0.4, 0.5) is 0 Å². The number of pyridine rings is 1. The maximum atomic E-state index is 13.3. The molecule has 0 radical (unpaired) electrons. The summed E-state index contributed by atoms with van der Waals surface area (Å²) in [6, 6.07) is 16.0. The number of nitrogens with zero attached hydrogens (tertiary/aromatic N) is 2. The molecule has 0 unspecified atom stereocenters. The van der Waals surface area contributed by atoms with E-state index in [1.807, 2.05) is 37.3 Å². The van der Waals surface area contributed by atoms with Crippen molar-refractivity contribution in [3.05, 3.63) is 91.8 Å². The molecule has 1 amide bonds. The SMILES string of the molecule is CCn1c(=O)[nH]c(=O)c2c(C(=O)NCc3ccc(-c4ccc5c(c4)CCO5)cc3)cc(C3CC3)nc21. The first-order valence-corrected chi connectivity index (χ1v) is 12.3. The molecule has 1 saturated carbocycles. The van der Waals surface area contributed by atoms with Gasteiger partial charge in [-0.2, -0.15) is 0 Å². The highest BCUT2D eigenvalue weighted by molar-refractivity contribution is 6.05. The van der Waals surface area contributed by atoms with Gasteiger partial charge in [0.25, 0.3) is 11.5 Å². The van der Waals surface area contributed by atoms with Gasteiger partial charge in [0.2, 0.25) is 0 Å². The van der Waals surface area contributed by atoms with Crippen molar-refractivity contribution in [3.63, 3.8) is 0 Å². The zero-order chi connectivity index (χ0) is 24.8. The summed E-state index contributed by atoms with van der Waals surface area (Å²) in [4.78, 5) is 45.2. The molecule has 182 valence electrons. The van der Waals surface area contributed by atoms with Gasteiger partial charge in [-0.15, -0.1) is 0 Å². The number of ether oxygens (including phenoxy) is 1. The molecule has 2 aliphatic rings. The van der Waals surface area contributed by atoms with E-state index in [0.29, 0.717) is 13.1 Å². The number of nitrogens with one attached hydrogen (secondary N) is 2. The molecule has 3 heterocycles. The lowest BCUT2D eigenvalue weighted by Gasteiger charge is -2.13. The molecular formula is C28H26N4O4. The Morgan fingerprint density at radius 1 is 1.11 bits per heavy atom. The highest BCUT2D eigenvalue weighted by Crippen LogP contribution is 2.40. The van der Waals surface area contributed by atoms with Gasteiger partial charge in [-0.25, -0.2) is 9.78 Å². The Labute approximate surface area is 207 Å². The predicted molar refractivity (Wildman–Crippen MR) is 137 cm³/mol. The fourth-order valence-electron chi connectivity index (χ4n) is 4.81. The minimum atomic E-state index is -0.594. The van der Waals surface area contributed by atoms with E-state index in [9.17, 15) is 14.4 Å². The zero-order valence-electron chi connectivity index (χ0n) is 20.0. The molecule has 4 aromatic rings. The van der Waals surface area contributed by atoms with Gasteiger partial charge >= 0.3 is 5.69 Å². The summed E-state index contributed by atoms with van der Waals surface area (Å²) in [5, 5.41) is 3.09. The number of carbonyl (C=O) groups is 1. The lowest BCUT2D eigenvalue weighted by atomic mass is 10.0. The van der Waals surface area contributed by atoms with Crippen molar-refractivity contribution >= 4 is 16.9 Å². The van der Waals surface area contributed by atoms with Gasteiger partial charge in [-0.3, -0.25) is 19.1 Å². The number of fused-ring (bicyclic) bond motifs is 2. The summed E-state index contributed by atoms with van der Waals surface area (Å²) in [7, 11) is 0. The Balaban J connectivity index is 1.26. The average Bonchev–Trinajstić information content (AvgIpc) is 3.64. The summed E-state index contributed by atoms with van der Waals surface area (Å²) in [6.45, 7) is 3.20. The van der Waals surface area contributed by atoms with Crippen LogP contribution in [0, 0.1) is 0 Å². The fourth-order valence-corrected chi connectivity index (χ4v) is 4.81. The van der Waals surface area contributed by atoms with Crippen LogP contribution in [-0.4, -0.2) is 27.0 Å². The first-order valence-electron chi connectivity index (χ1n) is 12.3. The molecule has 0 spiro atoms. The first-order chi connectivity index (χ1) is 17.5. The lowest BCUT2D eigenvalue weighted by molar-refractivity contribution is 0.0952. The third-order valence-corrected chi connectivity index (χ3v) is 6.95. The normalized spacial score (nSPS) is 14.5. The molecule has 1 fully saturated rings. The second kappa shape index (κ2) is 8.78. The molecule has 0 bridgehead atoms. The first kappa shape index (κ1) is 22.3. The van der Waals surface area contributed by atoms with E-state index in [4.69, 9.17) is 4.74 Å². The Hall–Kier alpha value is -4.20. The monoisotopic (exact) mass is 482 g/mol. The molecule has 1 aliphatic carbocycles. The summed E-state index contributed by atoms with van der Waals surface area (Å²) in [5.74, 6) is 0.860. The summed E-state index contributed by atoms with van der Waals surface area (Å²) >= 11 is 0. The van der Waals surface area contributed by atoms with Crippen LogP contribution in [0.15, 0.2) is 58.1 Å². The molecule has 0 saturated heterocycles. The fraction of sp³-hybridized carbons (Fsp3) is 0.286. The summed E-state index contributed by atoms with van der Waals surface area (Å²) in [6.07, 6.45) is 2.90. The Bertz CT molecular complexity index is 1610. The number of hydrogen-bond donors (Lipinski definition) is 2. The van der Waals surface area contributed by atoms with Crippen LogP contribution < -0.4 is 21.3 Å². The van der Waals surface area contributed by atoms with E-state index in [1.165, 1.54) is 10.1 Å². The van der Waals surface area contributed by atoms with Crippen molar-refractivity contribution in [2.75, 3.05) is 6.61 Å². The predicted octanol–water partition coefficient (Wildman–Crippen LogP) is 3.51. The average molecular weight is 483 g/mol. The van der Waals surface area contributed by atoms with E-state index in [-0.39, 0.29) is 28.4 Å². The van der Waals surface area contributed by atoms with Crippen molar-refractivity contribution < 1.29 is 9.53 Å². The number of rotatable bonds is 6. The molecule has 2 aromatic heterocycles. The van der Waals surface area contributed by atoms with Gasteiger partial charge < -0.3 is 10.1 Å². The number of aryl methyl sites for hydroxylation is 1. The second-order valence-corrected chi connectivity index (χ2v) is 9.37. The number of aromatic nitrogens is 3. The standard InChI is InChI=1S/C28H26N4O4/c1-2-32-25-24(27(34)31-28(32)35)21(14-22(30-25)18-7-8-18)26(33)29-15-16-3-5-17(6-4-16)19-9-10-23-20(13-19)11-12-36-23/h3-6,9-10,13-14,18H,2,7-8,11-12,15H2,1H3,(H,29,33)(H,31,34,35). The molecule has 2 aromatic carbocycles. The van der Waals surface area contributed by atoms with E-state index < -0.39 is 11.2 Å². The van der Waals surface area contributed by atoms with Crippen molar-refractivity contribution in [1.82, 2.24) is 19.9 Å². The van der Waals surface area contributed by atoms with Crippen LogP contribution in [-0.2, 0) is 19.5 Å². The molecule has 0 atom stereocenters. The number of benzene rings is 2. The molecule has 6 rings (SSSR count). The zero-order valence-corrected chi connectivity index (χ0v) is 20.0. The number of hydrogen-bond acceptors (Lipinski definition) is 5. The molecule has 8 heteroatoms. The molecule has 2 N–H and O–H groups in total. The Kier molecular flexibility index (Phi) is 5.44. The topological polar surface area (TPSA) is 106 Å². The Morgan fingerprint density at radius 3 is 2.64 bits per heavy atom. The number of H-pyrrole nitrogens is 1. The highest BCUT2D eigenvalue weighted by atomic mass is 16.5. The van der Waals surface area contributed by atoms with Gasteiger partial charge in [-0.1, -0.05) is 30.3 Å². The molecule has 8 nitrogen and oxygen atoms in total. The van der Waals surface area contributed by atoms with Crippen LogP contribution in [0.5, 0.6) is 5.75 Å². The quantitative estimate of drug-likeness (QED) is 0.438. The summed E-state index contributed by atoms with van der Waals surface area (Å²) in [5.41, 5.74) is 4.56. The van der Waals surface area contributed by atoms with Crippen molar-refractivity contribution in [2.24, 2.45) is 0 Å². The van der Waals surface area contributed by atoms with Crippen LogP contribution in [0.2, 0.25) is 0 Å². The number of amides is 1. The minimum Gasteiger partial charge on any atom is -0.493 e. The largest absolute Gasteiger partial charge is 0.493 e. The van der Waals surface area contributed by atoms with Crippen molar-refractivity contribution in [3.8, 4) is 16.9 Å². The van der Waals surface area contributed by atoms with E-state index in [1.54, 1.807) is 6.07 Å². The van der Waals surface area contributed by atoms with Crippen molar-refractivity contribution in [2.45, 2.75) is 45.2 Å². The Morgan fingerprint density at radius 2 is 1.89 bits per heavy atom. The van der Waals surface area contributed by atoms with Gasteiger partial charge in [0.15, 0.2) is 5.65 Å². The molecule has 1 aliphatic heterocycles. The lowest BCUT2D eigenvalue weighted by Crippen LogP contribution is -2.33. The van der Waals surface area contributed by atoms with Gasteiger partial charge in [0, 0.05) is 31.1 Å². The molecule has 36 heavy (non-hydrogen) atoms. The van der Waals surface area contributed by atoms with Crippen molar-refractivity contribution in [1.29, 1.82) is 0 Å². The number of aromatic amines is 1. The number of carbonyl (C=O) groups excluding carboxylic acids is 1.